The van der Waals surface area contributed by atoms with Gasteiger partial charge in [0.15, 0.2) is 23.3 Å². The maximum Gasteiger partial charge on any atom is 0.261 e. The number of ether oxygens (including phenoxy) is 1. The molecule has 1 amide bonds. The van der Waals surface area contributed by atoms with E-state index in [1.807, 2.05) is 0 Å². The number of rotatable bonds is 1. The van der Waals surface area contributed by atoms with E-state index < -0.39 is 40.8 Å². The first-order valence-electron chi connectivity index (χ1n) is 5.58. The summed E-state index contributed by atoms with van der Waals surface area (Å²) < 4.78 is 58.2. The summed E-state index contributed by atoms with van der Waals surface area (Å²) >= 11 is 0. The summed E-state index contributed by atoms with van der Waals surface area (Å²) in [6, 6.07) is 0.669. The Hall–Kier alpha value is -2.14. The highest BCUT2D eigenvalue weighted by Crippen LogP contribution is 2.22. The molecule has 1 heterocycles. The Morgan fingerprint density at radius 2 is 1.90 bits per heavy atom. The number of amides is 1. The normalized spacial score (nSPS) is 18.8. The quantitative estimate of drug-likeness (QED) is 0.582. The van der Waals surface area contributed by atoms with Crippen LogP contribution in [-0.4, -0.2) is 36.6 Å². The van der Waals surface area contributed by atoms with Crippen LogP contribution in [0.1, 0.15) is 10.4 Å². The van der Waals surface area contributed by atoms with Gasteiger partial charge >= 0.3 is 0 Å². The number of benzene rings is 1. The molecule has 0 N–H and O–H groups in total. The molecule has 1 aromatic carbocycles. The van der Waals surface area contributed by atoms with Crippen LogP contribution in [0.5, 0.6) is 0 Å². The zero-order chi connectivity index (χ0) is 14.9. The lowest BCUT2D eigenvalue weighted by molar-refractivity contribution is 0.0125. The number of nitriles is 1. The van der Waals surface area contributed by atoms with Gasteiger partial charge in [-0.15, -0.1) is 0 Å². The molecule has 0 aromatic heterocycles. The molecule has 20 heavy (non-hydrogen) atoms. The lowest BCUT2D eigenvalue weighted by Gasteiger charge is -2.31. The van der Waals surface area contributed by atoms with Crippen LogP contribution in [0.25, 0.3) is 0 Å². The molecular weight excluding hydrogens is 280 g/mol. The molecule has 1 fully saturated rings. The zero-order valence-corrected chi connectivity index (χ0v) is 10.00. The van der Waals surface area contributed by atoms with Crippen molar-refractivity contribution in [1.29, 1.82) is 5.26 Å². The molecule has 1 saturated heterocycles. The molecule has 0 spiro atoms. The van der Waals surface area contributed by atoms with Crippen molar-refractivity contribution in [2.24, 2.45) is 0 Å². The van der Waals surface area contributed by atoms with Gasteiger partial charge in [0.1, 0.15) is 11.6 Å². The SMILES string of the molecule is N#CC1COCCN1C(=O)c1c(F)c(F)cc(F)c1F. The Morgan fingerprint density at radius 1 is 1.30 bits per heavy atom. The summed E-state index contributed by atoms with van der Waals surface area (Å²) in [6.07, 6.45) is 0. The highest BCUT2D eigenvalue weighted by atomic mass is 19.2. The summed E-state index contributed by atoms with van der Waals surface area (Å²) in [6.45, 7) is -0.178. The largest absolute Gasteiger partial charge is 0.376 e. The van der Waals surface area contributed by atoms with Crippen molar-refractivity contribution in [1.82, 2.24) is 4.90 Å². The Bertz CT molecular complexity index is 574. The number of hydrogen-bond acceptors (Lipinski definition) is 3. The number of carbonyl (C=O) groups is 1. The summed E-state index contributed by atoms with van der Waals surface area (Å²) in [5.74, 6) is -8.19. The molecule has 106 valence electrons. The number of morpholine rings is 1. The van der Waals surface area contributed by atoms with Crippen molar-refractivity contribution in [3.8, 4) is 6.07 Å². The standard InChI is InChI=1S/C12H8F4N2O2/c13-7-3-8(14)11(16)9(10(7)15)12(19)18-1-2-20-5-6(18)4-17/h3,6H,1-2,5H2. The second kappa shape index (κ2) is 5.46. The van der Waals surface area contributed by atoms with Gasteiger partial charge in [0, 0.05) is 12.6 Å². The predicted molar refractivity (Wildman–Crippen MR) is 57.5 cm³/mol. The number of halogens is 4. The fourth-order valence-electron chi connectivity index (χ4n) is 1.86. The zero-order valence-electron chi connectivity index (χ0n) is 10.00. The van der Waals surface area contributed by atoms with E-state index in [-0.39, 0.29) is 25.8 Å². The maximum absolute atomic E-state index is 13.5. The van der Waals surface area contributed by atoms with Crippen molar-refractivity contribution in [3.05, 3.63) is 34.9 Å². The summed E-state index contributed by atoms with van der Waals surface area (Å²) in [4.78, 5) is 12.8. The molecule has 0 radical (unpaired) electrons. The molecule has 1 unspecified atom stereocenters. The lowest BCUT2D eigenvalue weighted by Crippen LogP contribution is -2.48. The van der Waals surface area contributed by atoms with Gasteiger partial charge in [-0.1, -0.05) is 0 Å². The van der Waals surface area contributed by atoms with E-state index in [0.717, 1.165) is 4.90 Å². The van der Waals surface area contributed by atoms with Crippen LogP contribution in [0.3, 0.4) is 0 Å². The molecule has 8 heteroatoms. The van der Waals surface area contributed by atoms with Gasteiger partial charge in [-0.05, 0) is 0 Å². The van der Waals surface area contributed by atoms with Crippen LogP contribution in [0.15, 0.2) is 6.07 Å². The van der Waals surface area contributed by atoms with Crippen LogP contribution in [0.2, 0.25) is 0 Å². The van der Waals surface area contributed by atoms with Gasteiger partial charge in [0.25, 0.3) is 5.91 Å². The van der Waals surface area contributed by atoms with E-state index in [1.165, 1.54) is 0 Å². The minimum atomic E-state index is -1.78. The third kappa shape index (κ3) is 2.32. The Labute approximate surface area is 111 Å². The summed E-state index contributed by atoms with van der Waals surface area (Å²) in [5.41, 5.74) is -1.34. The van der Waals surface area contributed by atoms with Crippen LogP contribution >= 0.6 is 0 Å². The van der Waals surface area contributed by atoms with Crippen molar-refractivity contribution in [2.45, 2.75) is 6.04 Å². The molecule has 1 aromatic rings. The van der Waals surface area contributed by atoms with E-state index >= 15 is 0 Å². The van der Waals surface area contributed by atoms with Crippen molar-refractivity contribution in [3.63, 3.8) is 0 Å². The minimum absolute atomic E-state index is 0.0164. The average molecular weight is 288 g/mol. The molecule has 1 atom stereocenters. The molecule has 0 bridgehead atoms. The van der Waals surface area contributed by atoms with Crippen molar-refractivity contribution >= 4 is 5.91 Å². The fraction of sp³-hybridized carbons (Fsp3) is 0.333. The monoisotopic (exact) mass is 288 g/mol. The van der Waals surface area contributed by atoms with E-state index in [0.29, 0.717) is 0 Å². The number of nitrogens with zero attached hydrogens (tertiary/aromatic N) is 2. The second-order valence-corrected chi connectivity index (χ2v) is 4.06. The molecule has 2 rings (SSSR count). The maximum atomic E-state index is 13.5. The van der Waals surface area contributed by atoms with Gasteiger partial charge in [-0.25, -0.2) is 17.6 Å². The summed E-state index contributed by atoms with van der Waals surface area (Å²) in [7, 11) is 0. The lowest BCUT2D eigenvalue weighted by atomic mass is 10.1. The molecular formula is C12H8F4N2O2. The van der Waals surface area contributed by atoms with Crippen molar-refractivity contribution in [2.75, 3.05) is 19.8 Å². The van der Waals surface area contributed by atoms with E-state index in [1.54, 1.807) is 6.07 Å². The molecule has 4 nitrogen and oxygen atoms in total. The van der Waals surface area contributed by atoms with E-state index in [2.05, 4.69) is 0 Å². The Kier molecular flexibility index (Phi) is 3.90. The number of carbonyl (C=O) groups excluding carboxylic acids is 1. The van der Waals surface area contributed by atoms with Gasteiger partial charge < -0.3 is 9.64 Å². The molecule has 0 aliphatic carbocycles. The fourth-order valence-corrected chi connectivity index (χ4v) is 1.86. The van der Waals surface area contributed by atoms with Gasteiger partial charge in [0.2, 0.25) is 0 Å². The van der Waals surface area contributed by atoms with Crippen LogP contribution < -0.4 is 0 Å². The van der Waals surface area contributed by atoms with E-state index in [9.17, 15) is 22.4 Å². The van der Waals surface area contributed by atoms with Gasteiger partial charge in [-0.3, -0.25) is 4.79 Å². The first-order valence-corrected chi connectivity index (χ1v) is 5.58. The smallest absolute Gasteiger partial charge is 0.261 e. The van der Waals surface area contributed by atoms with Gasteiger partial charge in [0.05, 0.1) is 19.3 Å². The molecule has 0 saturated carbocycles. The highest BCUT2D eigenvalue weighted by Gasteiger charge is 2.33. The van der Waals surface area contributed by atoms with Crippen molar-refractivity contribution < 1.29 is 27.1 Å². The second-order valence-electron chi connectivity index (χ2n) is 4.06. The number of hydrogen-bond donors (Lipinski definition) is 0. The topological polar surface area (TPSA) is 53.3 Å². The molecule has 1 aliphatic heterocycles. The van der Waals surface area contributed by atoms with Crippen LogP contribution in [-0.2, 0) is 4.74 Å². The first kappa shape index (κ1) is 14.3. The average Bonchev–Trinajstić information content (AvgIpc) is 2.45. The minimum Gasteiger partial charge on any atom is -0.376 e. The Morgan fingerprint density at radius 3 is 2.45 bits per heavy atom. The predicted octanol–water partition coefficient (Wildman–Crippen LogP) is 1.61. The summed E-state index contributed by atoms with van der Waals surface area (Å²) in [5, 5.41) is 8.85. The molecule has 1 aliphatic rings. The Balaban J connectivity index is 2.46. The van der Waals surface area contributed by atoms with E-state index in [4.69, 9.17) is 10.00 Å². The van der Waals surface area contributed by atoms with Crippen LogP contribution in [0.4, 0.5) is 17.6 Å². The first-order chi connectivity index (χ1) is 9.47. The third-order valence-electron chi connectivity index (χ3n) is 2.86. The third-order valence-corrected chi connectivity index (χ3v) is 2.86. The van der Waals surface area contributed by atoms with Gasteiger partial charge in [-0.2, -0.15) is 5.26 Å². The highest BCUT2D eigenvalue weighted by molar-refractivity contribution is 5.95. The van der Waals surface area contributed by atoms with Crippen LogP contribution in [0, 0.1) is 34.6 Å².